The second kappa shape index (κ2) is 5.52. The normalized spacial score (nSPS) is 16.0. The van der Waals surface area contributed by atoms with Gasteiger partial charge in [-0.1, -0.05) is 0 Å². The van der Waals surface area contributed by atoms with Crippen LogP contribution >= 0.6 is 0 Å². The van der Waals surface area contributed by atoms with E-state index in [0.717, 1.165) is 13.1 Å². The lowest BCUT2D eigenvalue weighted by molar-refractivity contribution is -0.383. The Kier molecular flexibility index (Phi) is 3.94. The average molecular weight is 295 g/mol. The minimum atomic E-state index is -1.31. The van der Waals surface area contributed by atoms with Crippen molar-refractivity contribution < 1.29 is 14.8 Å². The molecule has 0 unspecified atom stereocenters. The topological polar surface area (TPSA) is 126 Å². The summed E-state index contributed by atoms with van der Waals surface area (Å²) in [6.45, 7) is 4.14. The summed E-state index contributed by atoms with van der Waals surface area (Å²) in [6.07, 6.45) is 0. The molecule has 9 heteroatoms. The van der Waals surface area contributed by atoms with Gasteiger partial charge in [0, 0.05) is 26.2 Å². The number of aryl methyl sites for hydroxylation is 1. The van der Waals surface area contributed by atoms with Crippen molar-refractivity contribution in [2.75, 3.05) is 43.9 Å². The lowest BCUT2D eigenvalue weighted by Gasteiger charge is -2.33. The Morgan fingerprint density at radius 2 is 1.95 bits per heavy atom. The zero-order valence-electron chi connectivity index (χ0n) is 11.9. The molecule has 114 valence electrons. The van der Waals surface area contributed by atoms with E-state index in [2.05, 4.69) is 9.88 Å². The van der Waals surface area contributed by atoms with Gasteiger partial charge in [0.15, 0.2) is 0 Å². The van der Waals surface area contributed by atoms with Gasteiger partial charge in [-0.15, -0.1) is 0 Å². The number of hydrogen-bond donors (Lipinski definition) is 2. The van der Waals surface area contributed by atoms with E-state index < -0.39 is 16.6 Å². The maximum atomic E-state index is 11.3. The van der Waals surface area contributed by atoms with Crippen LogP contribution in [0.15, 0.2) is 0 Å². The van der Waals surface area contributed by atoms with E-state index in [1.54, 1.807) is 4.90 Å². The third kappa shape index (κ3) is 2.72. The van der Waals surface area contributed by atoms with E-state index in [1.165, 1.54) is 6.92 Å². The molecule has 21 heavy (non-hydrogen) atoms. The number of nitrogen functional groups attached to an aromatic ring is 1. The van der Waals surface area contributed by atoms with Gasteiger partial charge in [0.05, 0.1) is 10.6 Å². The number of hydrogen-bond acceptors (Lipinski definition) is 7. The molecule has 1 saturated heterocycles. The summed E-state index contributed by atoms with van der Waals surface area (Å²) < 4.78 is 0. The van der Waals surface area contributed by atoms with E-state index in [1.807, 2.05) is 7.05 Å². The summed E-state index contributed by atoms with van der Waals surface area (Å²) in [6, 6.07) is 0. The highest BCUT2D eigenvalue weighted by Gasteiger charge is 2.31. The number of nitro groups is 1. The predicted octanol–water partition coefficient (Wildman–Crippen LogP) is 0.330. The number of piperazine rings is 1. The van der Waals surface area contributed by atoms with E-state index in [4.69, 9.17) is 10.8 Å². The molecule has 0 spiro atoms. The van der Waals surface area contributed by atoms with Crippen molar-refractivity contribution in [1.29, 1.82) is 0 Å². The van der Waals surface area contributed by atoms with Crippen LogP contribution < -0.4 is 10.6 Å². The molecular formula is C12H17N5O4. The third-order valence-corrected chi connectivity index (χ3v) is 3.57. The number of pyridine rings is 1. The molecular weight excluding hydrogens is 278 g/mol. The van der Waals surface area contributed by atoms with Gasteiger partial charge in [-0.25, -0.2) is 9.78 Å². The molecule has 0 radical (unpaired) electrons. The summed E-state index contributed by atoms with van der Waals surface area (Å²) in [5.41, 5.74) is 4.83. The molecule has 0 bridgehead atoms. The first kappa shape index (κ1) is 15.0. The van der Waals surface area contributed by atoms with Crippen molar-refractivity contribution in [2.24, 2.45) is 0 Å². The van der Waals surface area contributed by atoms with Gasteiger partial charge in [0.2, 0.25) is 5.82 Å². The molecule has 9 nitrogen and oxygen atoms in total. The maximum Gasteiger partial charge on any atom is 0.339 e. The summed E-state index contributed by atoms with van der Waals surface area (Å²) in [7, 11) is 1.96. The molecule has 0 aliphatic carbocycles. The van der Waals surface area contributed by atoms with Crippen LogP contribution in [0.5, 0.6) is 0 Å². The number of anilines is 2. The van der Waals surface area contributed by atoms with Crippen molar-refractivity contribution in [3.63, 3.8) is 0 Å². The Morgan fingerprint density at radius 1 is 1.38 bits per heavy atom. The van der Waals surface area contributed by atoms with Gasteiger partial charge in [-0.3, -0.25) is 10.1 Å². The SMILES string of the molecule is Cc1nc(N2CCN(C)CC2)c([N+](=O)[O-])c(N)c1C(=O)O. The molecule has 3 N–H and O–H groups in total. The number of carboxylic acids is 1. The number of rotatable bonds is 3. The monoisotopic (exact) mass is 295 g/mol. The molecule has 0 atom stereocenters. The van der Waals surface area contributed by atoms with Crippen LogP contribution in [0.4, 0.5) is 17.2 Å². The zero-order chi connectivity index (χ0) is 15.7. The molecule has 0 amide bonds. The van der Waals surface area contributed by atoms with Gasteiger partial charge in [0.1, 0.15) is 11.3 Å². The Morgan fingerprint density at radius 3 is 2.43 bits per heavy atom. The summed E-state index contributed by atoms with van der Waals surface area (Å²) >= 11 is 0. The molecule has 1 aliphatic heterocycles. The highest BCUT2D eigenvalue weighted by molar-refractivity contribution is 5.98. The Hall–Kier alpha value is -2.42. The number of nitrogens with zero attached hydrogens (tertiary/aromatic N) is 4. The minimum Gasteiger partial charge on any atom is -0.478 e. The van der Waals surface area contributed by atoms with Crippen molar-refractivity contribution in [3.8, 4) is 0 Å². The molecule has 1 fully saturated rings. The second-order valence-corrected chi connectivity index (χ2v) is 5.01. The third-order valence-electron chi connectivity index (χ3n) is 3.57. The first-order valence-corrected chi connectivity index (χ1v) is 6.44. The summed E-state index contributed by atoms with van der Waals surface area (Å²) in [5, 5.41) is 20.4. The van der Waals surface area contributed by atoms with Crippen molar-refractivity contribution in [3.05, 3.63) is 21.4 Å². The van der Waals surface area contributed by atoms with Crippen LogP contribution in [0, 0.1) is 17.0 Å². The summed E-state index contributed by atoms with van der Waals surface area (Å²) in [5.74, 6) is -1.17. The second-order valence-electron chi connectivity index (χ2n) is 5.01. The van der Waals surface area contributed by atoms with E-state index in [-0.39, 0.29) is 22.8 Å². The van der Waals surface area contributed by atoms with Gasteiger partial charge in [-0.05, 0) is 14.0 Å². The lowest BCUT2D eigenvalue weighted by Crippen LogP contribution is -2.45. The fraction of sp³-hybridized carbons (Fsp3) is 0.500. The number of carbonyl (C=O) groups is 1. The van der Waals surface area contributed by atoms with Gasteiger partial charge in [0.25, 0.3) is 0 Å². The lowest BCUT2D eigenvalue weighted by atomic mass is 10.1. The zero-order valence-corrected chi connectivity index (χ0v) is 11.9. The van der Waals surface area contributed by atoms with E-state index in [0.29, 0.717) is 13.1 Å². The fourth-order valence-corrected chi connectivity index (χ4v) is 2.39. The first-order chi connectivity index (χ1) is 9.82. The molecule has 1 aromatic rings. The summed E-state index contributed by atoms with van der Waals surface area (Å²) in [4.78, 5) is 29.8. The van der Waals surface area contributed by atoms with Crippen LogP contribution in [0.2, 0.25) is 0 Å². The average Bonchev–Trinajstić information content (AvgIpc) is 2.37. The largest absolute Gasteiger partial charge is 0.478 e. The molecule has 0 aromatic carbocycles. The Bertz CT molecular complexity index is 596. The van der Waals surface area contributed by atoms with Crippen LogP contribution in [0.25, 0.3) is 0 Å². The number of carboxylic acid groups (broad SMARTS) is 1. The molecule has 2 heterocycles. The molecule has 1 aliphatic rings. The van der Waals surface area contributed by atoms with Crippen LogP contribution in [0.1, 0.15) is 16.1 Å². The highest BCUT2D eigenvalue weighted by atomic mass is 16.6. The van der Waals surface area contributed by atoms with Crippen LogP contribution in [-0.2, 0) is 0 Å². The van der Waals surface area contributed by atoms with Crippen LogP contribution in [0.3, 0.4) is 0 Å². The number of aromatic nitrogens is 1. The minimum absolute atomic E-state index is 0.146. The van der Waals surface area contributed by atoms with Gasteiger partial charge >= 0.3 is 11.7 Å². The van der Waals surface area contributed by atoms with Crippen molar-refractivity contribution in [2.45, 2.75) is 6.92 Å². The van der Waals surface area contributed by atoms with Crippen molar-refractivity contribution in [1.82, 2.24) is 9.88 Å². The van der Waals surface area contributed by atoms with Crippen LogP contribution in [-0.4, -0.2) is 59.1 Å². The molecule has 2 rings (SSSR count). The van der Waals surface area contributed by atoms with Gasteiger partial charge < -0.3 is 20.6 Å². The predicted molar refractivity (Wildman–Crippen MR) is 76.7 cm³/mol. The van der Waals surface area contributed by atoms with E-state index >= 15 is 0 Å². The number of aromatic carboxylic acids is 1. The highest BCUT2D eigenvalue weighted by Crippen LogP contribution is 2.36. The quantitative estimate of drug-likeness (QED) is 0.603. The van der Waals surface area contributed by atoms with E-state index in [9.17, 15) is 14.9 Å². The number of likely N-dealkylation sites (N-methyl/N-ethyl adjacent to an activating group) is 1. The fourth-order valence-electron chi connectivity index (χ4n) is 2.39. The maximum absolute atomic E-state index is 11.3. The smallest absolute Gasteiger partial charge is 0.339 e. The standard InChI is InChI=1S/C12H17N5O4/c1-7-8(12(18)19)9(13)10(17(20)21)11(14-7)16-5-3-15(2)4-6-16/h3-6H2,1-2H3,(H2,13,14)(H,18,19). The number of nitrogens with two attached hydrogens (primary N) is 1. The first-order valence-electron chi connectivity index (χ1n) is 6.44. The Labute approximate surface area is 121 Å². The van der Waals surface area contributed by atoms with Crippen molar-refractivity contribution >= 4 is 23.2 Å². The molecule has 1 aromatic heterocycles. The molecule has 0 saturated carbocycles. The Balaban J connectivity index is 2.55. The van der Waals surface area contributed by atoms with Gasteiger partial charge in [-0.2, -0.15) is 0 Å².